The van der Waals surface area contributed by atoms with Gasteiger partial charge in [-0.25, -0.2) is 0 Å². The molecule has 1 aliphatic carbocycles. The predicted molar refractivity (Wildman–Crippen MR) is 97.8 cm³/mol. The molecule has 0 aromatic heterocycles. The van der Waals surface area contributed by atoms with Gasteiger partial charge in [0.2, 0.25) is 0 Å². The summed E-state index contributed by atoms with van der Waals surface area (Å²) in [5, 5.41) is 0. The van der Waals surface area contributed by atoms with E-state index in [0.717, 1.165) is 57.7 Å². The molecule has 4 heteroatoms. The molecule has 1 aromatic rings. The summed E-state index contributed by atoms with van der Waals surface area (Å²) in [6.07, 6.45) is 6.81. The highest BCUT2D eigenvalue weighted by Crippen LogP contribution is 2.25. The van der Waals surface area contributed by atoms with E-state index in [1.165, 1.54) is 24.9 Å². The number of hydrogen-bond donors (Lipinski definition) is 0. The summed E-state index contributed by atoms with van der Waals surface area (Å²) >= 11 is 0. The molecule has 2 fully saturated rings. The Morgan fingerprint density at radius 1 is 1.04 bits per heavy atom. The summed E-state index contributed by atoms with van der Waals surface area (Å²) in [7, 11) is 1.70. The minimum atomic E-state index is 0.360. The van der Waals surface area contributed by atoms with Crippen LogP contribution in [0.4, 0.5) is 5.69 Å². The summed E-state index contributed by atoms with van der Waals surface area (Å²) in [4.78, 5) is 17.2. The first kappa shape index (κ1) is 17.3. The van der Waals surface area contributed by atoms with Gasteiger partial charge in [0.1, 0.15) is 11.5 Å². The van der Waals surface area contributed by atoms with Crippen molar-refractivity contribution in [3.05, 3.63) is 24.3 Å². The van der Waals surface area contributed by atoms with E-state index in [1.54, 1.807) is 7.11 Å². The van der Waals surface area contributed by atoms with Crippen LogP contribution in [-0.4, -0.2) is 50.5 Å². The number of piperazine rings is 1. The van der Waals surface area contributed by atoms with Crippen LogP contribution in [0, 0.1) is 5.92 Å². The Morgan fingerprint density at radius 2 is 1.71 bits per heavy atom. The van der Waals surface area contributed by atoms with Crippen molar-refractivity contribution in [3.63, 3.8) is 0 Å². The Labute approximate surface area is 145 Å². The third-order valence-corrected chi connectivity index (χ3v) is 5.54. The van der Waals surface area contributed by atoms with Gasteiger partial charge in [0.25, 0.3) is 0 Å². The highest BCUT2D eigenvalue weighted by molar-refractivity contribution is 5.81. The first-order valence-electron chi connectivity index (χ1n) is 9.40. The van der Waals surface area contributed by atoms with Crippen LogP contribution in [0.25, 0.3) is 0 Å². The number of benzene rings is 1. The van der Waals surface area contributed by atoms with Gasteiger partial charge in [0.05, 0.1) is 7.11 Å². The number of ketones is 1. The number of methoxy groups -OCH3 is 1. The molecule has 1 saturated carbocycles. The summed E-state index contributed by atoms with van der Waals surface area (Å²) in [6, 6.07) is 8.29. The monoisotopic (exact) mass is 330 g/mol. The number of carbonyl (C=O) groups excluding carboxylic acids is 1. The van der Waals surface area contributed by atoms with Gasteiger partial charge < -0.3 is 9.64 Å². The maximum absolute atomic E-state index is 12.3. The van der Waals surface area contributed by atoms with Gasteiger partial charge in [0.15, 0.2) is 0 Å². The molecular formula is C20H30N2O2. The lowest BCUT2D eigenvalue weighted by Gasteiger charge is -2.36. The number of Topliss-reactive ketones (excluding diaryl/α,β-unsaturated/α-hetero) is 1. The van der Waals surface area contributed by atoms with Crippen LogP contribution >= 0.6 is 0 Å². The van der Waals surface area contributed by atoms with Crippen molar-refractivity contribution >= 4 is 11.5 Å². The molecule has 2 aliphatic rings. The van der Waals surface area contributed by atoms with Crippen molar-refractivity contribution in [1.82, 2.24) is 4.90 Å². The minimum absolute atomic E-state index is 0.360. The van der Waals surface area contributed by atoms with Crippen molar-refractivity contribution in [2.75, 3.05) is 44.7 Å². The molecule has 1 saturated heterocycles. The molecule has 1 aromatic carbocycles. The first-order valence-corrected chi connectivity index (χ1v) is 9.40. The molecule has 0 radical (unpaired) electrons. The lowest BCUT2D eigenvalue weighted by molar-refractivity contribution is -0.124. The van der Waals surface area contributed by atoms with E-state index >= 15 is 0 Å². The largest absolute Gasteiger partial charge is 0.497 e. The Balaban J connectivity index is 1.40. The highest BCUT2D eigenvalue weighted by Gasteiger charge is 2.22. The maximum Gasteiger partial charge on any atom is 0.137 e. The van der Waals surface area contributed by atoms with E-state index in [0.29, 0.717) is 11.7 Å². The number of nitrogens with zero attached hydrogens (tertiary/aromatic N) is 2. The molecule has 1 heterocycles. The fourth-order valence-electron chi connectivity index (χ4n) is 3.92. The van der Waals surface area contributed by atoms with Gasteiger partial charge in [-0.3, -0.25) is 9.69 Å². The summed E-state index contributed by atoms with van der Waals surface area (Å²) in [6.45, 7) is 5.09. The van der Waals surface area contributed by atoms with Crippen LogP contribution < -0.4 is 9.64 Å². The molecular weight excluding hydrogens is 300 g/mol. The molecule has 0 N–H and O–H groups in total. The second-order valence-corrected chi connectivity index (χ2v) is 7.08. The number of carbonyl (C=O) groups is 1. The second kappa shape index (κ2) is 8.52. The van der Waals surface area contributed by atoms with Crippen molar-refractivity contribution in [3.8, 4) is 5.75 Å². The zero-order valence-electron chi connectivity index (χ0n) is 14.9. The van der Waals surface area contributed by atoms with Gasteiger partial charge in [-0.15, -0.1) is 0 Å². The fourth-order valence-corrected chi connectivity index (χ4v) is 3.92. The molecule has 0 unspecified atom stereocenters. The summed E-state index contributed by atoms with van der Waals surface area (Å²) in [5.41, 5.74) is 1.26. The lowest BCUT2D eigenvalue weighted by Crippen LogP contribution is -2.47. The van der Waals surface area contributed by atoms with E-state index in [2.05, 4.69) is 21.9 Å². The standard InChI is InChI=1S/C20H30N2O2/c1-24-19-9-7-18(8-10-19)22-15-13-21(14-16-22)12-11-20(23)17-5-3-2-4-6-17/h7-10,17H,2-6,11-16H2,1H3. The third kappa shape index (κ3) is 4.50. The van der Waals surface area contributed by atoms with Crippen molar-refractivity contribution in [2.45, 2.75) is 38.5 Å². The zero-order chi connectivity index (χ0) is 16.8. The van der Waals surface area contributed by atoms with E-state index in [-0.39, 0.29) is 0 Å². The fraction of sp³-hybridized carbons (Fsp3) is 0.650. The van der Waals surface area contributed by atoms with Crippen molar-refractivity contribution < 1.29 is 9.53 Å². The number of rotatable bonds is 6. The Kier molecular flexibility index (Phi) is 6.13. The Morgan fingerprint density at radius 3 is 2.33 bits per heavy atom. The topological polar surface area (TPSA) is 32.8 Å². The number of anilines is 1. The van der Waals surface area contributed by atoms with E-state index < -0.39 is 0 Å². The van der Waals surface area contributed by atoms with Gasteiger partial charge in [-0.05, 0) is 37.1 Å². The SMILES string of the molecule is COc1ccc(N2CCN(CCC(=O)C3CCCCC3)CC2)cc1. The number of hydrogen-bond acceptors (Lipinski definition) is 4. The quantitative estimate of drug-likeness (QED) is 0.801. The predicted octanol–water partition coefficient (Wildman–Crippen LogP) is 3.36. The molecule has 1 aliphatic heterocycles. The normalized spacial score (nSPS) is 20.1. The van der Waals surface area contributed by atoms with Crippen molar-refractivity contribution in [1.29, 1.82) is 0 Å². The van der Waals surface area contributed by atoms with Crippen LogP contribution in [-0.2, 0) is 4.79 Å². The average molecular weight is 330 g/mol. The van der Waals surface area contributed by atoms with Crippen LogP contribution in [0.1, 0.15) is 38.5 Å². The van der Waals surface area contributed by atoms with Crippen LogP contribution in [0.3, 0.4) is 0 Å². The number of ether oxygens (including phenoxy) is 1. The van der Waals surface area contributed by atoms with Gasteiger partial charge >= 0.3 is 0 Å². The maximum atomic E-state index is 12.3. The summed E-state index contributed by atoms with van der Waals surface area (Å²) < 4.78 is 5.22. The van der Waals surface area contributed by atoms with Crippen molar-refractivity contribution in [2.24, 2.45) is 5.92 Å². The van der Waals surface area contributed by atoms with Crippen LogP contribution in [0.2, 0.25) is 0 Å². The first-order chi connectivity index (χ1) is 11.8. The van der Waals surface area contributed by atoms with Gasteiger partial charge in [-0.2, -0.15) is 0 Å². The van der Waals surface area contributed by atoms with Crippen LogP contribution in [0.15, 0.2) is 24.3 Å². The average Bonchev–Trinajstić information content (AvgIpc) is 2.67. The van der Waals surface area contributed by atoms with E-state index in [4.69, 9.17) is 4.74 Å². The van der Waals surface area contributed by atoms with Gasteiger partial charge in [-0.1, -0.05) is 19.3 Å². The molecule has 4 nitrogen and oxygen atoms in total. The van der Waals surface area contributed by atoms with Crippen LogP contribution in [0.5, 0.6) is 5.75 Å². The lowest BCUT2D eigenvalue weighted by atomic mass is 9.85. The van der Waals surface area contributed by atoms with E-state index in [1.807, 2.05) is 12.1 Å². The van der Waals surface area contributed by atoms with E-state index in [9.17, 15) is 4.79 Å². The Bertz CT molecular complexity index is 515. The van der Waals surface area contributed by atoms with Gasteiger partial charge in [0, 0.05) is 50.7 Å². The molecule has 0 bridgehead atoms. The zero-order valence-corrected chi connectivity index (χ0v) is 14.9. The molecule has 0 atom stereocenters. The molecule has 24 heavy (non-hydrogen) atoms. The third-order valence-electron chi connectivity index (χ3n) is 5.54. The Hall–Kier alpha value is -1.55. The molecule has 0 spiro atoms. The molecule has 0 amide bonds. The smallest absolute Gasteiger partial charge is 0.137 e. The second-order valence-electron chi connectivity index (χ2n) is 7.08. The molecule has 132 valence electrons. The summed E-state index contributed by atoms with van der Waals surface area (Å²) in [5.74, 6) is 1.77. The highest BCUT2D eigenvalue weighted by atomic mass is 16.5. The minimum Gasteiger partial charge on any atom is -0.497 e. The molecule has 3 rings (SSSR count).